The van der Waals surface area contributed by atoms with Gasteiger partial charge in [-0.3, -0.25) is 14.5 Å². The van der Waals surface area contributed by atoms with E-state index in [2.05, 4.69) is 5.32 Å². The van der Waals surface area contributed by atoms with E-state index in [4.69, 9.17) is 9.47 Å². The maximum absolute atomic E-state index is 13.7. The highest BCUT2D eigenvalue weighted by Gasteiger charge is 2.39. The number of hydrogen-bond acceptors (Lipinski definition) is 5. The summed E-state index contributed by atoms with van der Waals surface area (Å²) in [6.45, 7) is 0.0374. The van der Waals surface area contributed by atoms with Crippen molar-refractivity contribution in [2.45, 2.75) is 6.54 Å². The van der Waals surface area contributed by atoms with Crippen LogP contribution in [0.2, 0.25) is 0 Å². The van der Waals surface area contributed by atoms with Gasteiger partial charge in [0.05, 0.1) is 26.3 Å². The molecule has 0 spiro atoms. The van der Waals surface area contributed by atoms with Gasteiger partial charge in [0.25, 0.3) is 11.8 Å². The molecule has 0 saturated carbocycles. The number of rotatable bonds is 7. The van der Waals surface area contributed by atoms with Crippen LogP contribution in [0.1, 0.15) is 11.1 Å². The van der Waals surface area contributed by atoms with Crippen LogP contribution in [0.4, 0.5) is 10.1 Å². The Kier molecular flexibility index (Phi) is 5.89. The number of ether oxygens (including phenoxy) is 2. The van der Waals surface area contributed by atoms with Crippen molar-refractivity contribution in [1.29, 1.82) is 0 Å². The fourth-order valence-corrected chi connectivity index (χ4v) is 3.58. The molecule has 162 valence electrons. The Labute approximate surface area is 184 Å². The van der Waals surface area contributed by atoms with Crippen molar-refractivity contribution in [3.63, 3.8) is 0 Å². The van der Waals surface area contributed by atoms with Gasteiger partial charge < -0.3 is 14.8 Å². The predicted molar refractivity (Wildman–Crippen MR) is 118 cm³/mol. The predicted octanol–water partition coefficient (Wildman–Crippen LogP) is 4.24. The van der Waals surface area contributed by atoms with Gasteiger partial charge >= 0.3 is 0 Å². The molecule has 7 heteroatoms. The lowest BCUT2D eigenvalue weighted by Gasteiger charge is -2.17. The molecule has 0 bridgehead atoms. The van der Waals surface area contributed by atoms with E-state index in [0.717, 1.165) is 4.90 Å². The molecule has 0 fully saturated rings. The molecule has 1 N–H and O–H groups in total. The number of anilines is 1. The second-order valence-electron chi connectivity index (χ2n) is 7.12. The molecule has 0 aliphatic carbocycles. The maximum Gasteiger partial charge on any atom is 0.278 e. The molecule has 1 aliphatic rings. The summed E-state index contributed by atoms with van der Waals surface area (Å²) in [5, 5.41) is 2.95. The molecule has 1 aliphatic heterocycles. The van der Waals surface area contributed by atoms with Gasteiger partial charge in [-0.25, -0.2) is 4.39 Å². The van der Waals surface area contributed by atoms with E-state index in [1.807, 2.05) is 12.1 Å². The number of hydrogen-bond donors (Lipinski definition) is 1. The molecule has 0 unspecified atom stereocenters. The van der Waals surface area contributed by atoms with Crippen molar-refractivity contribution >= 4 is 23.1 Å². The third kappa shape index (κ3) is 4.05. The number of imide groups is 1. The van der Waals surface area contributed by atoms with Gasteiger partial charge in [-0.2, -0.15) is 0 Å². The standard InChI is InChI=1S/C25H21FN2O4/c1-31-20-12-10-16(11-13-20)22-23(27-19-8-5-7-18(26)14-19)25(30)28(24(22)29)15-17-6-3-4-9-21(17)32-2/h3-14,27H,15H2,1-2H3. The first kappa shape index (κ1) is 21.1. The van der Waals surface area contributed by atoms with Crippen LogP contribution in [0.3, 0.4) is 0 Å². The SMILES string of the molecule is COc1ccc(C2=C(Nc3cccc(F)c3)C(=O)N(Cc3ccccc3OC)C2=O)cc1. The van der Waals surface area contributed by atoms with Crippen molar-refractivity contribution < 1.29 is 23.5 Å². The van der Waals surface area contributed by atoms with Crippen LogP contribution < -0.4 is 14.8 Å². The minimum Gasteiger partial charge on any atom is -0.497 e. The van der Waals surface area contributed by atoms with Crippen LogP contribution in [-0.2, 0) is 16.1 Å². The van der Waals surface area contributed by atoms with Crippen molar-refractivity contribution in [2.75, 3.05) is 19.5 Å². The Hall–Kier alpha value is -4.13. The normalized spacial score (nSPS) is 13.5. The zero-order valence-electron chi connectivity index (χ0n) is 17.6. The van der Waals surface area contributed by atoms with E-state index in [1.165, 1.54) is 25.3 Å². The molecule has 1 heterocycles. The number of methoxy groups -OCH3 is 2. The Morgan fingerprint density at radius 1 is 0.875 bits per heavy atom. The Morgan fingerprint density at radius 3 is 2.31 bits per heavy atom. The van der Waals surface area contributed by atoms with Gasteiger partial charge in [0.1, 0.15) is 23.0 Å². The summed E-state index contributed by atoms with van der Waals surface area (Å²) in [6.07, 6.45) is 0. The van der Waals surface area contributed by atoms with Gasteiger partial charge in [-0.05, 0) is 42.0 Å². The largest absolute Gasteiger partial charge is 0.497 e. The molecule has 2 amide bonds. The lowest BCUT2D eigenvalue weighted by atomic mass is 10.0. The fraction of sp³-hybridized carbons (Fsp3) is 0.120. The van der Waals surface area contributed by atoms with Crippen LogP contribution in [-0.4, -0.2) is 30.9 Å². The number of para-hydroxylation sites is 1. The number of benzene rings is 3. The minimum absolute atomic E-state index is 0.0374. The molecule has 0 atom stereocenters. The maximum atomic E-state index is 13.7. The van der Waals surface area contributed by atoms with Crippen molar-refractivity contribution in [3.05, 3.63) is 95.4 Å². The van der Waals surface area contributed by atoms with Gasteiger partial charge in [0.2, 0.25) is 0 Å². The minimum atomic E-state index is -0.504. The first-order valence-corrected chi connectivity index (χ1v) is 9.91. The Balaban J connectivity index is 1.75. The molecule has 0 radical (unpaired) electrons. The summed E-state index contributed by atoms with van der Waals surface area (Å²) in [4.78, 5) is 27.9. The zero-order chi connectivity index (χ0) is 22.7. The Bertz CT molecular complexity index is 1200. The van der Waals surface area contributed by atoms with Gasteiger partial charge in [0, 0.05) is 11.3 Å². The molecular formula is C25H21FN2O4. The van der Waals surface area contributed by atoms with E-state index in [1.54, 1.807) is 49.6 Å². The summed E-state index contributed by atoms with van der Waals surface area (Å²) in [6, 6.07) is 19.7. The highest BCUT2D eigenvalue weighted by molar-refractivity contribution is 6.36. The van der Waals surface area contributed by atoms with Crippen LogP contribution >= 0.6 is 0 Å². The monoisotopic (exact) mass is 432 g/mol. The average molecular weight is 432 g/mol. The van der Waals surface area contributed by atoms with E-state index >= 15 is 0 Å². The lowest BCUT2D eigenvalue weighted by Crippen LogP contribution is -2.32. The Morgan fingerprint density at radius 2 is 1.62 bits per heavy atom. The van der Waals surface area contributed by atoms with Gasteiger partial charge in [-0.1, -0.05) is 36.4 Å². The van der Waals surface area contributed by atoms with Crippen LogP contribution in [0.25, 0.3) is 5.57 Å². The molecule has 32 heavy (non-hydrogen) atoms. The summed E-state index contributed by atoms with van der Waals surface area (Å²) in [5.41, 5.74) is 1.90. The summed E-state index contributed by atoms with van der Waals surface area (Å²) >= 11 is 0. The number of carbonyl (C=O) groups is 2. The molecular weight excluding hydrogens is 411 g/mol. The average Bonchev–Trinajstić information content (AvgIpc) is 3.03. The first-order valence-electron chi connectivity index (χ1n) is 9.91. The summed E-state index contributed by atoms with van der Waals surface area (Å²) in [7, 11) is 3.08. The molecule has 6 nitrogen and oxygen atoms in total. The molecule has 0 aromatic heterocycles. The van der Waals surface area contributed by atoms with E-state index in [0.29, 0.717) is 28.3 Å². The molecule has 4 rings (SSSR count). The van der Waals surface area contributed by atoms with Crippen molar-refractivity contribution in [3.8, 4) is 11.5 Å². The smallest absolute Gasteiger partial charge is 0.278 e. The lowest BCUT2D eigenvalue weighted by molar-refractivity contribution is -0.137. The second kappa shape index (κ2) is 8.93. The first-order chi connectivity index (χ1) is 15.5. The van der Waals surface area contributed by atoms with E-state index in [9.17, 15) is 14.0 Å². The fourth-order valence-electron chi connectivity index (χ4n) is 3.58. The summed E-state index contributed by atoms with van der Waals surface area (Å²) < 4.78 is 24.3. The number of halogens is 1. The molecule has 0 saturated heterocycles. The van der Waals surface area contributed by atoms with Crippen LogP contribution in [0.5, 0.6) is 11.5 Å². The van der Waals surface area contributed by atoms with Crippen molar-refractivity contribution in [2.24, 2.45) is 0 Å². The second-order valence-corrected chi connectivity index (χ2v) is 7.12. The van der Waals surface area contributed by atoms with Crippen LogP contribution in [0, 0.1) is 5.82 Å². The zero-order valence-corrected chi connectivity index (χ0v) is 17.6. The van der Waals surface area contributed by atoms with Gasteiger partial charge in [0.15, 0.2) is 0 Å². The topological polar surface area (TPSA) is 67.9 Å². The third-order valence-corrected chi connectivity index (χ3v) is 5.16. The highest BCUT2D eigenvalue weighted by atomic mass is 19.1. The van der Waals surface area contributed by atoms with Gasteiger partial charge in [-0.15, -0.1) is 0 Å². The number of nitrogens with one attached hydrogen (secondary N) is 1. The molecule has 3 aromatic rings. The van der Waals surface area contributed by atoms with E-state index in [-0.39, 0.29) is 17.8 Å². The quantitative estimate of drug-likeness (QED) is 0.566. The van der Waals surface area contributed by atoms with Crippen LogP contribution in [0.15, 0.2) is 78.5 Å². The van der Waals surface area contributed by atoms with Crippen molar-refractivity contribution in [1.82, 2.24) is 4.90 Å². The summed E-state index contributed by atoms with van der Waals surface area (Å²) in [5.74, 6) is -0.215. The van der Waals surface area contributed by atoms with E-state index < -0.39 is 17.6 Å². The number of carbonyl (C=O) groups excluding carboxylic acids is 2. The molecule has 3 aromatic carbocycles. The number of amides is 2. The third-order valence-electron chi connectivity index (χ3n) is 5.16. The number of nitrogens with zero attached hydrogens (tertiary/aromatic N) is 1. The highest BCUT2D eigenvalue weighted by Crippen LogP contribution is 2.33.